The van der Waals surface area contributed by atoms with Gasteiger partial charge in [0.25, 0.3) is 0 Å². The summed E-state index contributed by atoms with van der Waals surface area (Å²) < 4.78 is 0. The number of anilines is 2. The maximum absolute atomic E-state index is 12.2. The lowest BCUT2D eigenvalue weighted by atomic mass is 10.2. The Kier molecular flexibility index (Phi) is 5.60. The van der Waals surface area contributed by atoms with Crippen LogP contribution in [0, 0.1) is 0 Å². The van der Waals surface area contributed by atoms with E-state index in [0.717, 1.165) is 6.42 Å². The Morgan fingerprint density at radius 2 is 2.09 bits per heavy atom. The minimum absolute atomic E-state index is 0.00306. The molecule has 0 radical (unpaired) electrons. The van der Waals surface area contributed by atoms with E-state index in [4.69, 9.17) is 11.6 Å². The molecule has 1 fully saturated rings. The Balaban J connectivity index is 2.02. The van der Waals surface area contributed by atoms with Gasteiger partial charge in [-0.25, -0.2) is 0 Å². The highest BCUT2D eigenvalue weighted by Crippen LogP contribution is 2.26. The molecule has 1 atom stereocenters. The number of likely N-dealkylation sites (tertiary alicyclic amines) is 1. The summed E-state index contributed by atoms with van der Waals surface area (Å²) >= 11 is 6.11. The highest BCUT2D eigenvalue weighted by atomic mass is 35.5. The van der Waals surface area contributed by atoms with E-state index in [0.29, 0.717) is 35.8 Å². The Bertz CT molecular complexity index is 633. The molecule has 0 unspecified atom stereocenters. The largest absolute Gasteiger partial charge is 0.331 e. The van der Waals surface area contributed by atoms with Crippen molar-refractivity contribution < 1.29 is 14.4 Å². The summed E-state index contributed by atoms with van der Waals surface area (Å²) in [6.45, 7) is 4.06. The normalized spacial score (nSPS) is 15.4. The van der Waals surface area contributed by atoms with Gasteiger partial charge in [0.1, 0.15) is 6.04 Å². The zero-order valence-corrected chi connectivity index (χ0v) is 13.9. The van der Waals surface area contributed by atoms with Crippen LogP contribution in [0.5, 0.6) is 0 Å². The monoisotopic (exact) mass is 337 g/mol. The smallest absolute Gasteiger partial charge is 0.246 e. The third-order valence-corrected chi connectivity index (χ3v) is 4.10. The highest BCUT2D eigenvalue weighted by Gasteiger charge is 2.29. The maximum Gasteiger partial charge on any atom is 0.246 e. The summed E-state index contributed by atoms with van der Waals surface area (Å²) in [7, 11) is 0. The lowest BCUT2D eigenvalue weighted by Gasteiger charge is -2.23. The number of nitrogens with one attached hydrogen (secondary N) is 2. The van der Waals surface area contributed by atoms with E-state index < -0.39 is 6.04 Å². The van der Waals surface area contributed by atoms with Crippen LogP contribution in [0.2, 0.25) is 5.02 Å². The number of amides is 3. The van der Waals surface area contributed by atoms with Crippen LogP contribution in [0.15, 0.2) is 18.2 Å². The number of hydrogen-bond donors (Lipinski definition) is 2. The summed E-state index contributed by atoms with van der Waals surface area (Å²) in [4.78, 5) is 36.9. The van der Waals surface area contributed by atoms with Crippen molar-refractivity contribution in [3.05, 3.63) is 23.2 Å². The molecular weight excluding hydrogens is 318 g/mol. The molecule has 1 aliphatic rings. The highest BCUT2D eigenvalue weighted by molar-refractivity contribution is 6.34. The molecule has 1 aromatic rings. The topological polar surface area (TPSA) is 78.5 Å². The zero-order chi connectivity index (χ0) is 17.0. The second-order valence-electron chi connectivity index (χ2n) is 5.45. The van der Waals surface area contributed by atoms with Gasteiger partial charge in [-0.2, -0.15) is 0 Å². The van der Waals surface area contributed by atoms with Gasteiger partial charge in [-0.3, -0.25) is 14.4 Å². The Hall–Kier alpha value is -2.08. The molecule has 23 heavy (non-hydrogen) atoms. The first-order chi connectivity index (χ1) is 10.9. The van der Waals surface area contributed by atoms with Gasteiger partial charge in [0.15, 0.2) is 0 Å². The van der Waals surface area contributed by atoms with E-state index >= 15 is 0 Å². The van der Waals surface area contributed by atoms with Crippen LogP contribution < -0.4 is 10.6 Å². The Labute approximate surface area is 140 Å². The van der Waals surface area contributed by atoms with Gasteiger partial charge in [-0.15, -0.1) is 0 Å². The molecule has 1 aliphatic heterocycles. The van der Waals surface area contributed by atoms with Gasteiger partial charge in [0.05, 0.1) is 10.7 Å². The molecule has 1 heterocycles. The van der Waals surface area contributed by atoms with Gasteiger partial charge >= 0.3 is 0 Å². The maximum atomic E-state index is 12.2. The van der Waals surface area contributed by atoms with Crippen LogP contribution in [0.1, 0.15) is 33.1 Å². The van der Waals surface area contributed by atoms with Gasteiger partial charge in [-0.1, -0.05) is 18.5 Å². The second-order valence-corrected chi connectivity index (χ2v) is 5.86. The fourth-order valence-corrected chi connectivity index (χ4v) is 2.63. The zero-order valence-electron chi connectivity index (χ0n) is 13.2. The first-order valence-electron chi connectivity index (χ1n) is 7.62. The minimum atomic E-state index is -0.525. The van der Waals surface area contributed by atoms with Crippen molar-refractivity contribution in [3.8, 4) is 0 Å². The third kappa shape index (κ3) is 4.22. The van der Waals surface area contributed by atoms with Gasteiger partial charge in [-0.05, 0) is 31.5 Å². The number of carbonyl (C=O) groups is 3. The Morgan fingerprint density at radius 1 is 1.35 bits per heavy atom. The third-order valence-electron chi connectivity index (χ3n) is 3.79. The minimum Gasteiger partial charge on any atom is -0.331 e. The molecule has 1 saturated heterocycles. The first-order valence-corrected chi connectivity index (χ1v) is 8.00. The summed E-state index contributed by atoms with van der Waals surface area (Å²) in [5.74, 6) is -0.394. The van der Waals surface area contributed by atoms with Crippen molar-refractivity contribution in [1.29, 1.82) is 0 Å². The van der Waals surface area contributed by atoms with Crippen molar-refractivity contribution in [2.45, 2.75) is 39.2 Å². The van der Waals surface area contributed by atoms with Crippen LogP contribution >= 0.6 is 11.6 Å². The van der Waals surface area contributed by atoms with Gasteiger partial charge in [0.2, 0.25) is 17.7 Å². The quantitative estimate of drug-likeness (QED) is 0.867. The number of hydrogen-bond acceptors (Lipinski definition) is 3. The molecule has 0 aliphatic carbocycles. The summed E-state index contributed by atoms with van der Waals surface area (Å²) in [6.07, 6.45) is 1.64. The number of carbonyl (C=O) groups excluding carboxylic acids is 3. The van der Waals surface area contributed by atoms with E-state index in [1.807, 2.05) is 0 Å². The molecule has 0 saturated carbocycles. The van der Waals surface area contributed by atoms with Crippen LogP contribution in [0.25, 0.3) is 0 Å². The molecule has 0 bridgehead atoms. The van der Waals surface area contributed by atoms with Gasteiger partial charge < -0.3 is 15.5 Å². The van der Waals surface area contributed by atoms with E-state index in [1.54, 1.807) is 36.9 Å². The van der Waals surface area contributed by atoms with Gasteiger partial charge in [0, 0.05) is 25.1 Å². The van der Waals surface area contributed by atoms with Crippen molar-refractivity contribution in [3.63, 3.8) is 0 Å². The standard InChI is InChI=1S/C16H20ClN3O3/c1-3-14(21)19-13-7-6-11(9-12(13)17)18-16(23)10(2)20-8-4-5-15(20)22/h6-7,9-10H,3-5,8H2,1-2H3,(H,18,23)(H,19,21)/t10-/m1/s1. The molecule has 124 valence electrons. The average molecular weight is 338 g/mol. The molecule has 7 heteroatoms. The van der Waals surface area contributed by atoms with E-state index in [1.165, 1.54) is 0 Å². The molecule has 2 N–H and O–H groups in total. The molecule has 0 aromatic heterocycles. The van der Waals surface area contributed by atoms with Crippen molar-refractivity contribution in [2.75, 3.05) is 17.2 Å². The second kappa shape index (κ2) is 7.46. The molecule has 6 nitrogen and oxygen atoms in total. The summed E-state index contributed by atoms with van der Waals surface area (Å²) in [5.41, 5.74) is 1.02. The van der Waals surface area contributed by atoms with E-state index in [-0.39, 0.29) is 17.7 Å². The lowest BCUT2D eigenvalue weighted by Crippen LogP contribution is -2.42. The Morgan fingerprint density at radius 3 is 2.65 bits per heavy atom. The fraction of sp³-hybridized carbons (Fsp3) is 0.438. The molecule has 2 rings (SSSR count). The SMILES string of the molecule is CCC(=O)Nc1ccc(NC(=O)[C@@H](C)N2CCCC2=O)cc1Cl. The number of nitrogens with zero attached hydrogens (tertiary/aromatic N) is 1. The predicted molar refractivity (Wildman–Crippen MR) is 89.4 cm³/mol. The number of halogens is 1. The van der Waals surface area contributed by atoms with Crippen LogP contribution in [0.3, 0.4) is 0 Å². The molecule has 1 aromatic carbocycles. The van der Waals surface area contributed by atoms with E-state index in [9.17, 15) is 14.4 Å². The molecule has 0 spiro atoms. The molecule has 3 amide bonds. The van der Waals surface area contributed by atoms with Crippen molar-refractivity contribution in [2.24, 2.45) is 0 Å². The number of rotatable bonds is 5. The van der Waals surface area contributed by atoms with Crippen LogP contribution in [0.4, 0.5) is 11.4 Å². The van der Waals surface area contributed by atoms with Crippen LogP contribution in [-0.4, -0.2) is 35.2 Å². The number of benzene rings is 1. The average Bonchev–Trinajstić information content (AvgIpc) is 2.95. The fourth-order valence-electron chi connectivity index (χ4n) is 2.40. The predicted octanol–water partition coefficient (Wildman–Crippen LogP) is 2.64. The summed E-state index contributed by atoms with van der Waals surface area (Å²) in [5, 5.41) is 5.76. The first kappa shape index (κ1) is 17.3. The molecular formula is C16H20ClN3O3. The summed E-state index contributed by atoms with van der Waals surface area (Å²) in [6, 6.07) is 4.34. The van der Waals surface area contributed by atoms with E-state index in [2.05, 4.69) is 10.6 Å². The lowest BCUT2D eigenvalue weighted by molar-refractivity contribution is -0.134. The van der Waals surface area contributed by atoms with Crippen molar-refractivity contribution in [1.82, 2.24) is 4.90 Å². The van der Waals surface area contributed by atoms with Crippen molar-refractivity contribution >= 4 is 40.7 Å². The van der Waals surface area contributed by atoms with Crippen LogP contribution in [-0.2, 0) is 14.4 Å².